The topological polar surface area (TPSA) is 56.8 Å². The molecule has 0 bridgehead atoms. The molecule has 142 valence electrons. The maximum absolute atomic E-state index is 12.1. The Morgan fingerprint density at radius 3 is 2.70 bits per heavy atom. The van der Waals surface area contributed by atoms with Crippen LogP contribution >= 0.6 is 35.4 Å². The van der Waals surface area contributed by atoms with E-state index >= 15 is 0 Å². The predicted octanol–water partition coefficient (Wildman–Crippen LogP) is 5.00. The molecule has 0 saturated heterocycles. The van der Waals surface area contributed by atoms with Crippen LogP contribution in [-0.2, 0) is 4.74 Å². The minimum Gasteiger partial charge on any atom is -0.486 e. The highest BCUT2D eigenvalue weighted by atomic mass is 35.5. The van der Waals surface area contributed by atoms with E-state index < -0.39 is 5.97 Å². The van der Waals surface area contributed by atoms with Crippen molar-refractivity contribution in [1.82, 2.24) is 0 Å². The van der Waals surface area contributed by atoms with Gasteiger partial charge in [-0.15, -0.1) is 0 Å². The minimum absolute atomic E-state index is 0.171. The molecule has 0 radical (unpaired) electrons. The zero-order chi connectivity index (χ0) is 19.6. The molecule has 3 rings (SSSR count). The van der Waals surface area contributed by atoms with Crippen LogP contribution in [0.1, 0.15) is 17.3 Å². The number of carbonyl (C=O) groups is 1. The van der Waals surface area contributed by atoms with Gasteiger partial charge in [0.2, 0.25) is 0 Å². The van der Waals surface area contributed by atoms with Crippen LogP contribution in [0.3, 0.4) is 0 Å². The third kappa shape index (κ3) is 4.29. The van der Waals surface area contributed by atoms with Crippen LogP contribution in [0.2, 0.25) is 10.0 Å². The predicted molar refractivity (Wildman–Crippen MR) is 110 cm³/mol. The van der Waals surface area contributed by atoms with Gasteiger partial charge in [0, 0.05) is 10.9 Å². The Morgan fingerprint density at radius 2 is 2.00 bits per heavy atom. The van der Waals surface area contributed by atoms with Crippen LogP contribution in [0.15, 0.2) is 36.4 Å². The minimum atomic E-state index is -0.583. The highest BCUT2D eigenvalue weighted by Crippen LogP contribution is 2.34. The maximum atomic E-state index is 12.1. The van der Waals surface area contributed by atoms with Gasteiger partial charge in [-0.2, -0.15) is 0 Å². The number of fused-ring (bicyclic) bond motifs is 1. The lowest BCUT2D eigenvalue weighted by Crippen LogP contribution is -2.40. The molecule has 0 amide bonds. The summed E-state index contributed by atoms with van der Waals surface area (Å²) in [6.45, 7) is 2.28. The van der Waals surface area contributed by atoms with Crippen molar-refractivity contribution in [3.63, 3.8) is 0 Å². The summed E-state index contributed by atoms with van der Waals surface area (Å²) in [5.41, 5.74) is 0.553. The number of benzene rings is 2. The molecule has 2 atom stereocenters. The number of esters is 1. The van der Waals surface area contributed by atoms with Crippen molar-refractivity contribution in [3.05, 3.63) is 52.0 Å². The monoisotopic (exact) mass is 425 g/mol. The molecule has 27 heavy (non-hydrogen) atoms. The van der Waals surface area contributed by atoms with Crippen molar-refractivity contribution >= 4 is 52.1 Å². The van der Waals surface area contributed by atoms with Gasteiger partial charge in [0.1, 0.15) is 18.3 Å². The molecular weight excluding hydrogens is 409 g/mol. The van der Waals surface area contributed by atoms with E-state index in [0.29, 0.717) is 33.8 Å². The van der Waals surface area contributed by atoms with E-state index in [2.05, 4.69) is 5.32 Å². The van der Waals surface area contributed by atoms with Crippen molar-refractivity contribution in [2.45, 2.75) is 13.0 Å². The molecule has 0 spiro atoms. The molecule has 2 aromatic rings. The molecule has 1 aliphatic rings. The Bertz CT molecular complexity index is 890. The molecule has 8 heteroatoms. The highest BCUT2D eigenvalue weighted by Gasteiger charge is 2.29. The standard InChI is InChI=1S/C19H17Cl2NO4S/c1-10(16-9-25-14-5-3-4-6-15(14)26-16)18(27)22-13-8-11(20)7-12(21)17(13)19(23)24-2/h3-8,10,16H,9H2,1-2H3,(H,22,27). The van der Waals surface area contributed by atoms with Gasteiger partial charge >= 0.3 is 5.97 Å². The zero-order valence-electron chi connectivity index (χ0n) is 14.6. The van der Waals surface area contributed by atoms with Crippen LogP contribution in [0.5, 0.6) is 11.5 Å². The van der Waals surface area contributed by atoms with Crippen molar-refractivity contribution in [1.29, 1.82) is 0 Å². The number of nitrogens with one attached hydrogen (secondary N) is 1. The molecule has 1 heterocycles. The van der Waals surface area contributed by atoms with Gasteiger partial charge < -0.3 is 19.5 Å². The van der Waals surface area contributed by atoms with E-state index in [0.717, 1.165) is 0 Å². The zero-order valence-corrected chi connectivity index (χ0v) is 17.0. The summed E-state index contributed by atoms with van der Waals surface area (Å²) < 4.78 is 16.5. The first-order valence-electron chi connectivity index (χ1n) is 8.17. The number of para-hydroxylation sites is 2. The lowest BCUT2D eigenvalue weighted by atomic mass is 10.0. The number of rotatable bonds is 4. The van der Waals surface area contributed by atoms with Crippen LogP contribution in [0, 0.1) is 5.92 Å². The second kappa shape index (κ2) is 8.33. The highest BCUT2D eigenvalue weighted by molar-refractivity contribution is 7.80. The fourth-order valence-electron chi connectivity index (χ4n) is 2.68. The van der Waals surface area contributed by atoms with E-state index in [-0.39, 0.29) is 22.6 Å². The summed E-state index contributed by atoms with van der Waals surface area (Å²) in [4.78, 5) is 12.5. The Kier molecular flexibility index (Phi) is 6.09. The first-order valence-corrected chi connectivity index (χ1v) is 9.34. The molecular formula is C19H17Cl2NO4S. The summed E-state index contributed by atoms with van der Waals surface area (Å²) in [5.74, 6) is 0.594. The third-order valence-electron chi connectivity index (χ3n) is 4.20. The summed E-state index contributed by atoms with van der Waals surface area (Å²) in [6, 6.07) is 10.5. The first kappa shape index (κ1) is 19.7. The molecule has 1 aliphatic heterocycles. The number of methoxy groups -OCH3 is 1. The lowest BCUT2D eigenvalue weighted by molar-refractivity contribution is 0.0602. The third-order valence-corrected chi connectivity index (χ3v) is 5.19. The molecule has 5 nitrogen and oxygen atoms in total. The van der Waals surface area contributed by atoms with Crippen molar-refractivity contribution in [2.24, 2.45) is 5.92 Å². The SMILES string of the molecule is COC(=O)c1c(Cl)cc(Cl)cc1NC(=S)C(C)C1COc2ccccc2O1. The van der Waals surface area contributed by atoms with Gasteiger partial charge in [-0.3, -0.25) is 0 Å². The number of halogens is 2. The summed E-state index contributed by atoms with van der Waals surface area (Å²) >= 11 is 17.8. The normalized spacial score (nSPS) is 16.4. The van der Waals surface area contributed by atoms with Gasteiger partial charge in [0.05, 0.1) is 22.8 Å². The van der Waals surface area contributed by atoms with Crippen LogP contribution in [-0.4, -0.2) is 30.8 Å². The van der Waals surface area contributed by atoms with Gasteiger partial charge in [-0.1, -0.05) is 54.5 Å². The Balaban J connectivity index is 1.79. The molecule has 0 aromatic heterocycles. The van der Waals surface area contributed by atoms with Crippen LogP contribution in [0.4, 0.5) is 5.69 Å². The largest absolute Gasteiger partial charge is 0.486 e. The molecule has 2 unspecified atom stereocenters. The van der Waals surface area contributed by atoms with Crippen molar-refractivity contribution in [2.75, 3.05) is 19.0 Å². The van der Waals surface area contributed by atoms with Crippen LogP contribution in [0.25, 0.3) is 0 Å². The smallest absolute Gasteiger partial charge is 0.341 e. The molecule has 0 fully saturated rings. The summed E-state index contributed by atoms with van der Waals surface area (Å²) in [6.07, 6.45) is -0.281. The molecule has 0 aliphatic carbocycles. The number of thiocarbonyl (C=S) groups is 1. The van der Waals surface area contributed by atoms with Gasteiger partial charge in [0.25, 0.3) is 0 Å². The van der Waals surface area contributed by atoms with E-state index in [4.69, 9.17) is 49.6 Å². The Hall–Kier alpha value is -2.02. The second-order valence-corrected chi connectivity index (χ2v) is 7.28. The van der Waals surface area contributed by atoms with Gasteiger partial charge in [0.15, 0.2) is 11.5 Å². The number of hydrogen-bond donors (Lipinski definition) is 1. The lowest BCUT2D eigenvalue weighted by Gasteiger charge is -2.31. The summed E-state index contributed by atoms with van der Waals surface area (Å²) in [5, 5.41) is 3.61. The van der Waals surface area contributed by atoms with Gasteiger partial charge in [-0.25, -0.2) is 4.79 Å². The van der Waals surface area contributed by atoms with Crippen molar-refractivity contribution in [3.8, 4) is 11.5 Å². The quantitative estimate of drug-likeness (QED) is 0.549. The molecule has 0 saturated carbocycles. The second-order valence-electron chi connectivity index (χ2n) is 5.99. The van der Waals surface area contributed by atoms with E-state index in [1.54, 1.807) is 6.07 Å². The molecule has 1 N–H and O–H groups in total. The molecule has 2 aromatic carbocycles. The number of carbonyl (C=O) groups excluding carboxylic acids is 1. The van der Waals surface area contributed by atoms with Crippen LogP contribution < -0.4 is 14.8 Å². The fourth-order valence-corrected chi connectivity index (χ4v) is 3.51. The number of hydrogen-bond acceptors (Lipinski definition) is 5. The number of anilines is 1. The Labute approximate surface area is 172 Å². The van der Waals surface area contributed by atoms with Gasteiger partial charge in [-0.05, 0) is 24.3 Å². The maximum Gasteiger partial charge on any atom is 0.341 e. The first-order chi connectivity index (χ1) is 12.9. The number of ether oxygens (including phenoxy) is 3. The van der Waals surface area contributed by atoms with E-state index in [1.165, 1.54) is 13.2 Å². The van der Waals surface area contributed by atoms with E-state index in [9.17, 15) is 4.79 Å². The van der Waals surface area contributed by atoms with E-state index in [1.807, 2.05) is 31.2 Å². The van der Waals surface area contributed by atoms with Crippen molar-refractivity contribution < 1.29 is 19.0 Å². The average Bonchev–Trinajstić information content (AvgIpc) is 2.66. The summed E-state index contributed by atoms with van der Waals surface area (Å²) in [7, 11) is 1.28. The fraction of sp³-hybridized carbons (Fsp3) is 0.263. The Morgan fingerprint density at radius 1 is 1.30 bits per heavy atom. The average molecular weight is 426 g/mol.